The maximum absolute atomic E-state index is 12.6. The number of carbonyl (C=O) groups is 1. The van der Waals surface area contributed by atoms with Crippen LogP contribution in [0.4, 0.5) is 0 Å². The van der Waals surface area contributed by atoms with Crippen molar-refractivity contribution in [2.24, 2.45) is 0 Å². The molecule has 1 unspecified atom stereocenters. The number of hydrogen-bond acceptors (Lipinski definition) is 4. The highest BCUT2D eigenvalue weighted by atomic mass is 35.5. The number of amides is 1. The van der Waals surface area contributed by atoms with Gasteiger partial charge < -0.3 is 15.0 Å². The Labute approximate surface area is 169 Å². The third-order valence-corrected chi connectivity index (χ3v) is 5.12. The van der Waals surface area contributed by atoms with Gasteiger partial charge >= 0.3 is 0 Å². The molecule has 3 rings (SSSR count). The second-order valence-corrected chi connectivity index (χ2v) is 6.90. The van der Waals surface area contributed by atoms with Gasteiger partial charge in [0, 0.05) is 32.7 Å². The number of morpholine rings is 1. The number of ether oxygens (including phenoxy) is 1. The van der Waals surface area contributed by atoms with Crippen LogP contribution in [0.5, 0.6) is 0 Å². The van der Waals surface area contributed by atoms with E-state index in [1.165, 1.54) is 5.56 Å². The quantitative estimate of drug-likeness (QED) is 0.819. The van der Waals surface area contributed by atoms with Crippen LogP contribution in [0.3, 0.4) is 0 Å². The molecule has 5 nitrogen and oxygen atoms in total. The molecule has 148 valence electrons. The average Bonchev–Trinajstić information content (AvgIpc) is 2.63. The van der Waals surface area contributed by atoms with Gasteiger partial charge in [-0.05, 0) is 31.5 Å². The Bertz CT molecular complexity index is 527. The predicted molar refractivity (Wildman–Crippen MR) is 109 cm³/mol. The fourth-order valence-electron chi connectivity index (χ4n) is 3.63. The highest BCUT2D eigenvalue weighted by molar-refractivity contribution is 5.85. The van der Waals surface area contributed by atoms with E-state index in [4.69, 9.17) is 4.74 Å². The van der Waals surface area contributed by atoms with E-state index >= 15 is 0 Å². The lowest BCUT2D eigenvalue weighted by atomic mass is 10.0. The number of halogens is 2. The van der Waals surface area contributed by atoms with E-state index in [1.807, 2.05) is 18.0 Å². The molecule has 0 aliphatic carbocycles. The molecule has 1 aromatic carbocycles. The third-order valence-electron chi connectivity index (χ3n) is 5.12. The summed E-state index contributed by atoms with van der Waals surface area (Å²) in [6.45, 7) is 5.42. The number of nitrogens with one attached hydrogen (secondary N) is 1. The number of benzene rings is 1. The van der Waals surface area contributed by atoms with Crippen molar-refractivity contribution in [2.45, 2.75) is 38.0 Å². The Balaban J connectivity index is 0.00000169. The zero-order valence-electron chi connectivity index (χ0n) is 15.4. The van der Waals surface area contributed by atoms with Crippen LogP contribution >= 0.6 is 24.8 Å². The SMILES string of the molecule is CN(C(=O)CC1CN(Cc2ccccc2)CCO1)C1CCNCC1.Cl.Cl. The molecule has 2 saturated heterocycles. The number of hydrogen-bond donors (Lipinski definition) is 1. The Morgan fingerprint density at radius 3 is 2.62 bits per heavy atom. The van der Waals surface area contributed by atoms with Crippen molar-refractivity contribution in [3.05, 3.63) is 35.9 Å². The minimum Gasteiger partial charge on any atom is -0.375 e. The van der Waals surface area contributed by atoms with Gasteiger partial charge in [-0.1, -0.05) is 30.3 Å². The van der Waals surface area contributed by atoms with Gasteiger partial charge in [-0.25, -0.2) is 0 Å². The van der Waals surface area contributed by atoms with Crippen LogP contribution in [0.15, 0.2) is 30.3 Å². The van der Waals surface area contributed by atoms with Gasteiger partial charge in [-0.3, -0.25) is 9.69 Å². The van der Waals surface area contributed by atoms with Crippen molar-refractivity contribution in [3.8, 4) is 0 Å². The first kappa shape index (κ1) is 23.2. The molecule has 26 heavy (non-hydrogen) atoms. The summed E-state index contributed by atoms with van der Waals surface area (Å²) in [5, 5.41) is 3.35. The summed E-state index contributed by atoms with van der Waals surface area (Å²) in [6.07, 6.45) is 2.60. The third kappa shape index (κ3) is 6.71. The standard InChI is InChI=1S/C19H29N3O2.2ClH/c1-21(17-7-9-20-10-8-17)19(23)13-18-15-22(11-12-24-18)14-16-5-3-2-4-6-16;;/h2-6,17-18,20H,7-15H2,1H3;2*1H. The molecule has 2 aliphatic rings. The Hall–Kier alpha value is -0.850. The summed E-state index contributed by atoms with van der Waals surface area (Å²) in [7, 11) is 1.95. The van der Waals surface area contributed by atoms with Gasteiger partial charge in [-0.2, -0.15) is 0 Å². The molecule has 0 saturated carbocycles. The first-order chi connectivity index (χ1) is 11.7. The summed E-state index contributed by atoms with van der Waals surface area (Å²) in [6, 6.07) is 10.9. The fraction of sp³-hybridized carbons (Fsp3) is 0.632. The fourth-order valence-corrected chi connectivity index (χ4v) is 3.63. The zero-order chi connectivity index (χ0) is 16.8. The second kappa shape index (κ2) is 11.8. The first-order valence-electron chi connectivity index (χ1n) is 9.06. The molecule has 2 heterocycles. The molecule has 1 amide bonds. The van der Waals surface area contributed by atoms with E-state index in [9.17, 15) is 4.79 Å². The smallest absolute Gasteiger partial charge is 0.225 e. The molecule has 0 aromatic heterocycles. The molecular weight excluding hydrogens is 373 g/mol. The van der Waals surface area contributed by atoms with Crippen LogP contribution in [0.1, 0.15) is 24.8 Å². The van der Waals surface area contributed by atoms with E-state index < -0.39 is 0 Å². The van der Waals surface area contributed by atoms with E-state index in [1.54, 1.807) is 0 Å². The molecule has 0 bridgehead atoms. The molecule has 0 radical (unpaired) electrons. The van der Waals surface area contributed by atoms with Gasteiger partial charge in [-0.15, -0.1) is 24.8 Å². The summed E-state index contributed by atoms with van der Waals surface area (Å²) in [4.78, 5) is 16.9. The Morgan fingerprint density at radius 1 is 1.23 bits per heavy atom. The monoisotopic (exact) mass is 403 g/mol. The topological polar surface area (TPSA) is 44.8 Å². The van der Waals surface area contributed by atoms with Gasteiger partial charge in [0.15, 0.2) is 0 Å². The number of rotatable bonds is 5. The van der Waals surface area contributed by atoms with Crippen molar-refractivity contribution in [1.82, 2.24) is 15.1 Å². The largest absolute Gasteiger partial charge is 0.375 e. The van der Waals surface area contributed by atoms with Crippen LogP contribution in [0, 0.1) is 0 Å². The van der Waals surface area contributed by atoms with Crippen LogP contribution in [0.25, 0.3) is 0 Å². The molecule has 2 fully saturated rings. The molecule has 1 atom stereocenters. The van der Waals surface area contributed by atoms with Crippen LogP contribution in [-0.2, 0) is 16.1 Å². The van der Waals surface area contributed by atoms with E-state index in [2.05, 4.69) is 34.5 Å². The summed E-state index contributed by atoms with van der Waals surface area (Å²) in [5.74, 6) is 0.216. The van der Waals surface area contributed by atoms with Crippen molar-refractivity contribution in [3.63, 3.8) is 0 Å². The van der Waals surface area contributed by atoms with Crippen molar-refractivity contribution >= 4 is 30.7 Å². The molecule has 1 N–H and O–H groups in total. The molecule has 7 heteroatoms. The molecule has 2 aliphatic heterocycles. The van der Waals surface area contributed by atoms with E-state index in [-0.39, 0.29) is 36.8 Å². The van der Waals surface area contributed by atoms with Crippen molar-refractivity contribution in [1.29, 1.82) is 0 Å². The number of carbonyl (C=O) groups excluding carboxylic acids is 1. The number of nitrogens with zero attached hydrogens (tertiary/aromatic N) is 2. The van der Waals surface area contributed by atoms with E-state index in [0.29, 0.717) is 19.1 Å². The summed E-state index contributed by atoms with van der Waals surface area (Å²) in [5.41, 5.74) is 1.32. The number of piperidine rings is 1. The van der Waals surface area contributed by atoms with Crippen molar-refractivity contribution < 1.29 is 9.53 Å². The first-order valence-corrected chi connectivity index (χ1v) is 9.06. The molecular formula is C19H31Cl2N3O2. The lowest BCUT2D eigenvalue weighted by Gasteiger charge is -2.35. The van der Waals surface area contributed by atoms with E-state index in [0.717, 1.165) is 45.6 Å². The summed E-state index contributed by atoms with van der Waals surface area (Å²) >= 11 is 0. The predicted octanol–water partition coefficient (Wildman–Crippen LogP) is 2.33. The lowest BCUT2D eigenvalue weighted by Crippen LogP contribution is -2.47. The minimum absolute atomic E-state index is 0. The second-order valence-electron chi connectivity index (χ2n) is 6.90. The zero-order valence-corrected chi connectivity index (χ0v) is 17.1. The highest BCUT2D eigenvalue weighted by Crippen LogP contribution is 2.16. The normalized spacial score (nSPS) is 21.3. The Kier molecular flexibility index (Phi) is 10.5. The van der Waals surface area contributed by atoms with Crippen LogP contribution < -0.4 is 5.32 Å². The maximum atomic E-state index is 12.6. The lowest BCUT2D eigenvalue weighted by molar-refractivity contribution is -0.137. The Morgan fingerprint density at radius 2 is 1.92 bits per heavy atom. The van der Waals surface area contributed by atoms with Gasteiger partial charge in [0.25, 0.3) is 0 Å². The van der Waals surface area contributed by atoms with Gasteiger partial charge in [0.2, 0.25) is 5.91 Å². The van der Waals surface area contributed by atoms with Crippen molar-refractivity contribution in [2.75, 3.05) is 39.8 Å². The molecule has 0 spiro atoms. The van der Waals surface area contributed by atoms with Gasteiger partial charge in [0.1, 0.15) is 0 Å². The summed E-state index contributed by atoms with van der Waals surface area (Å²) < 4.78 is 5.85. The average molecular weight is 404 g/mol. The van der Waals surface area contributed by atoms with Crippen LogP contribution in [0.2, 0.25) is 0 Å². The minimum atomic E-state index is 0. The molecule has 1 aromatic rings. The van der Waals surface area contributed by atoms with Crippen LogP contribution in [-0.4, -0.2) is 67.7 Å². The maximum Gasteiger partial charge on any atom is 0.225 e. The highest BCUT2D eigenvalue weighted by Gasteiger charge is 2.27. The van der Waals surface area contributed by atoms with Gasteiger partial charge in [0.05, 0.1) is 19.1 Å².